The summed E-state index contributed by atoms with van der Waals surface area (Å²) in [6, 6.07) is 9.73. The number of nitrogens with one attached hydrogen (secondary N) is 2. The molecule has 3 atom stereocenters. The second kappa shape index (κ2) is 6.01. The van der Waals surface area contributed by atoms with Crippen molar-refractivity contribution >= 4 is 11.6 Å². The first-order valence-electron chi connectivity index (χ1n) is 6.87. The molecule has 2 rings (SSSR count). The number of amides is 1. The summed E-state index contributed by atoms with van der Waals surface area (Å²) in [5.41, 5.74) is 0.888. The average molecular weight is 247 g/mol. The molecule has 0 aromatic heterocycles. The van der Waals surface area contributed by atoms with Crippen LogP contribution in [0.1, 0.15) is 26.7 Å². The third-order valence-electron chi connectivity index (χ3n) is 3.85. The minimum atomic E-state index is 0.0351. The summed E-state index contributed by atoms with van der Waals surface area (Å²) in [4.78, 5) is 13.6. The Morgan fingerprint density at radius 3 is 2.78 bits per heavy atom. The van der Waals surface area contributed by atoms with Crippen LogP contribution in [0.3, 0.4) is 0 Å². The molecule has 1 aliphatic heterocycles. The smallest absolute Gasteiger partial charge is 0.282 e. The van der Waals surface area contributed by atoms with Crippen molar-refractivity contribution in [2.24, 2.45) is 5.92 Å². The van der Waals surface area contributed by atoms with Gasteiger partial charge < -0.3 is 10.2 Å². The summed E-state index contributed by atoms with van der Waals surface area (Å²) in [5, 5.41) is 2.99. The van der Waals surface area contributed by atoms with Gasteiger partial charge in [-0.25, -0.2) is 0 Å². The number of likely N-dealkylation sites (tertiary alicyclic amines) is 1. The number of quaternary nitrogens is 1. The number of carbonyl (C=O) groups excluding carboxylic acids is 1. The van der Waals surface area contributed by atoms with Crippen molar-refractivity contribution in [3.05, 3.63) is 30.3 Å². The Morgan fingerprint density at radius 1 is 1.39 bits per heavy atom. The van der Waals surface area contributed by atoms with Gasteiger partial charge in [-0.3, -0.25) is 4.79 Å². The molecule has 1 aliphatic rings. The molecular formula is C15H23N2O+. The highest BCUT2D eigenvalue weighted by molar-refractivity contribution is 5.93. The summed E-state index contributed by atoms with van der Waals surface area (Å²) in [7, 11) is 0. The van der Waals surface area contributed by atoms with E-state index in [1.54, 1.807) is 0 Å². The highest BCUT2D eigenvalue weighted by Crippen LogP contribution is 2.07. The van der Waals surface area contributed by atoms with Gasteiger partial charge in [0.1, 0.15) is 0 Å². The van der Waals surface area contributed by atoms with Crippen LogP contribution in [0, 0.1) is 5.92 Å². The molecule has 0 bridgehead atoms. The van der Waals surface area contributed by atoms with Crippen LogP contribution in [0.4, 0.5) is 5.69 Å². The van der Waals surface area contributed by atoms with Crippen LogP contribution < -0.4 is 10.2 Å². The van der Waals surface area contributed by atoms with Gasteiger partial charge in [-0.2, -0.15) is 0 Å². The predicted octanol–water partition coefficient (Wildman–Crippen LogP) is 1.33. The van der Waals surface area contributed by atoms with Crippen molar-refractivity contribution in [3.8, 4) is 0 Å². The van der Waals surface area contributed by atoms with Crippen LogP contribution in [0.15, 0.2) is 30.3 Å². The third-order valence-corrected chi connectivity index (χ3v) is 3.85. The molecule has 0 saturated carbocycles. The maximum absolute atomic E-state index is 12.2. The lowest BCUT2D eigenvalue weighted by Crippen LogP contribution is -3.17. The number of anilines is 1. The SMILES string of the molecule is C[C@H]1CCC[NH+]([C@@H](C)C(=O)Nc2ccccc2)C1. The van der Waals surface area contributed by atoms with E-state index in [1.165, 1.54) is 17.7 Å². The Morgan fingerprint density at radius 2 is 2.11 bits per heavy atom. The van der Waals surface area contributed by atoms with Crippen LogP contribution in [-0.2, 0) is 4.79 Å². The van der Waals surface area contributed by atoms with Crippen LogP contribution in [0.25, 0.3) is 0 Å². The first-order chi connectivity index (χ1) is 8.66. The summed E-state index contributed by atoms with van der Waals surface area (Å²) in [6.45, 7) is 6.55. The maximum Gasteiger partial charge on any atom is 0.282 e. The van der Waals surface area contributed by atoms with Crippen molar-refractivity contribution in [3.63, 3.8) is 0 Å². The molecule has 3 nitrogen and oxygen atoms in total. The van der Waals surface area contributed by atoms with Gasteiger partial charge in [-0.15, -0.1) is 0 Å². The Balaban J connectivity index is 1.92. The van der Waals surface area contributed by atoms with Crippen molar-refractivity contribution in [1.82, 2.24) is 0 Å². The topological polar surface area (TPSA) is 33.5 Å². The van der Waals surface area contributed by atoms with Gasteiger partial charge in [0, 0.05) is 11.6 Å². The number of benzene rings is 1. The van der Waals surface area contributed by atoms with E-state index in [2.05, 4.69) is 12.2 Å². The summed E-state index contributed by atoms with van der Waals surface area (Å²) < 4.78 is 0. The number of hydrogen-bond donors (Lipinski definition) is 2. The van der Waals surface area contributed by atoms with Crippen molar-refractivity contribution < 1.29 is 9.69 Å². The monoisotopic (exact) mass is 247 g/mol. The van der Waals surface area contributed by atoms with E-state index in [9.17, 15) is 4.79 Å². The number of piperidine rings is 1. The first kappa shape index (κ1) is 13.1. The average Bonchev–Trinajstić information content (AvgIpc) is 2.39. The van der Waals surface area contributed by atoms with E-state index < -0.39 is 0 Å². The van der Waals surface area contributed by atoms with Crippen LogP contribution in [-0.4, -0.2) is 25.0 Å². The molecule has 18 heavy (non-hydrogen) atoms. The Labute approximate surface area is 109 Å². The lowest BCUT2D eigenvalue weighted by Gasteiger charge is -2.31. The third kappa shape index (κ3) is 3.33. The van der Waals surface area contributed by atoms with Gasteiger partial charge in [0.25, 0.3) is 5.91 Å². The Bertz CT molecular complexity index is 391. The van der Waals surface area contributed by atoms with Crippen LogP contribution in [0.5, 0.6) is 0 Å². The van der Waals surface area contributed by atoms with Crippen LogP contribution >= 0.6 is 0 Å². The van der Waals surface area contributed by atoms with Crippen LogP contribution in [0.2, 0.25) is 0 Å². The van der Waals surface area contributed by atoms with E-state index in [4.69, 9.17) is 0 Å². The highest BCUT2D eigenvalue weighted by atomic mass is 16.2. The van der Waals surface area contributed by atoms with Gasteiger partial charge in [-0.1, -0.05) is 25.1 Å². The molecule has 1 unspecified atom stereocenters. The minimum Gasteiger partial charge on any atom is -0.325 e. The molecule has 1 aromatic rings. The summed E-state index contributed by atoms with van der Waals surface area (Å²) >= 11 is 0. The normalized spacial score (nSPS) is 25.4. The zero-order chi connectivity index (χ0) is 13.0. The molecule has 1 saturated heterocycles. The number of hydrogen-bond acceptors (Lipinski definition) is 1. The van der Waals surface area contributed by atoms with Crippen molar-refractivity contribution in [2.75, 3.05) is 18.4 Å². The molecule has 1 amide bonds. The van der Waals surface area contributed by atoms with Gasteiger partial charge in [-0.05, 0) is 31.9 Å². The minimum absolute atomic E-state index is 0.0351. The molecule has 0 aliphatic carbocycles. The molecule has 2 N–H and O–H groups in total. The lowest BCUT2D eigenvalue weighted by molar-refractivity contribution is -0.922. The molecule has 1 heterocycles. The predicted molar refractivity (Wildman–Crippen MR) is 73.6 cm³/mol. The quantitative estimate of drug-likeness (QED) is 0.830. The standard InChI is InChI=1S/C15H22N2O/c1-12-7-6-10-17(11-12)13(2)15(18)16-14-8-4-3-5-9-14/h3-5,8-9,12-13H,6-7,10-11H2,1-2H3,(H,16,18)/p+1/t12-,13-/m0/s1. The summed E-state index contributed by atoms with van der Waals surface area (Å²) in [6.07, 6.45) is 2.54. The van der Waals surface area contributed by atoms with E-state index in [1.807, 2.05) is 37.3 Å². The van der Waals surface area contributed by atoms with E-state index in [0.29, 0.717) is 0 Å². The van der Waals surface area contributed by atoms with Gasteiger partial charge in [0.2, 0.25) is 0 Å². The fourth-order valence-electron chi connectivity index (χ4n) is 2.68. The number of para-hydroxylation sites is 1. The molecule has 3 heteroatoms. The zero-order valence-corrected chi connectivity index (χ0v) is 11.3. The first-order valence-corrected chi connectivity index (χ1v) is 6.87. The molecule has 0 spiro atoms. The molecule has 1 fully saturated rings. The number of rotatable bonds is 3. The van der Waals surface area contributed by atoms with E-state index in [0.717, 1.165) is 24.7 Å². The Hall–Kier alpha value is -1.35. The summed E-state index contributed by atoms with van der Waals surface area (Å²) in [5.74, 6) is 0.867. The van der Waals surface area contributed by atoms with Gasteiger partial charge in [0.05, 0.1) is 13.1 Å². The lowest BCUT2D eigenvalue weighted by atomic mass is 9.99. The second-order valence-corrected chi connectivity index (χ2v) is 5.44. The van der Waals surface area contributed by atoms with E-state index in [-0.39, 0.29) is 11.9 Å². The zero-order valence-electron chi connectivity index (χ0n) is 11.3. The maximum atomic E-state index is 12.2. The van der Waals surface area contributed by atoms with E-state index >= 15 is 0 Å². The van der Waals surface area contributed by atoms with Crippen molar-refractivity contribution in [1.29, 1.82) is 0 Å². The van der Waals surface area contributed by atoms with Crippen molar-refractivity contribution in [2.45, 2.75) is 32.7 Å². The fraction of sp³-hybridized carbons (Fsp3) is 0.533. The molecule has 0 radical (unpaired) electrons. The molecular weight excluding hydrogens is 224 g/mol. The number of carbonyl (C=O) groups is 1. The Kier molecular flexibility index (Phi) is 4.37. The van der Waals surface area contributed by atoms with Gasteiger partial charge in [0.15, 0.2) is 6.04 Å². The van der Waals surface area contributed by atoms with Gasteiger partial charge >= 0.3 is 0 Å². The largest absolute Gasteiger partial charge is 0.325 e. The molecule has 1 aromatic carbocycles. The highest BCUT2D eigenvalue weighted by Gasteiger charge is 2.29. The molecule has 98 valence electrons. The second-order valence-electron chi connectivity index (χ2n) is 5.44. The fourth-order valence-corrected chi connectivity index (χ4v) is 2.68.